The number of halogens is 1. The second kappa shape index (κ2) is 6.81. The van der Waals surface area contributed by atoms with Crippen LogP contribution in [0, 0.1) is 0 Å². The van der Waals surface area contributed by atoms with Crippen LogP contribution >= 0.6 is 11.6 Å². The Morgan fingerprint density at radius 2 is 2.15 bits per heavy atom. The number of likely N-dealkylation sites (tertiary alicyclic amines) is 1. The summed E-state index contributed by atoms with van der Waals surface area (Å²) in [7, 11) is 0. The van der Waals surface area contributed by atoms with Crippen LogP contribution < -0.4 is 5.63 Å². The Morgan fingerprint density at radius 1 is 1.33 bits per heavy atom. The number of carbonyl (C=O) groups excluding carboxylic acids is 1. The molecule has 2 aromatic heterocycles. The van der Waals surface area contributed by atoms with E-state index in [1.807, 2.05) is 13.8 Å². The van der Waals surface area contributed by atoms with Crippen LogP contribution in [0.2, 0.25) is 5.02 Å². The lowest BCUT2D eigenvalue weighted by Crippen LogP contribution is -2.33. The van der Waals surface area contributed by atoms with E-state index in [-0.39, 0.29) is 17.5 Å². The summed E-state index contributed by atoms with van der Waals surface area (Å²) in [5, 5.41) is 5.08. The maximum Gasteiger partial charge on any atom is 0.349 e. The van der Waals surface area contributed by atoms with Crippen molar-refractivity contribution >= 4 is 28.5 Å². The smallest absolute Gasteiger partial charge is 0.349 e. The Hall–Kier alpha value is -2.67. The fourth-order valence-electron chi connectivity index (χ4n) is 3.28. The van der Waals surface area contributed by atoms with Gasteiger partial charge in [-0.1, -0.05) is 30.6 Å². The number of nitrogens with zero attached hydrogens (tertiary/aromatic N) is 3. The monoisotopic (exact) mass is 387 g/mol. The van der Waals surface area contributed by atoms with Gasteiger partial charge in [0.2, 0.25) is 5.89 Å². The summed E-state index contributed by atoms with van der Waals surface area (Å²) in [4.78, 5) is 31.4. The minimum absolute atomic E-state index is 0.0275. The molecule has 7 nitrogen and oxygen atoms in total. The van der Waals surface area contributed by atoms with Crippen molar-refractivity contribution in [3.63, 3.8) is 0 Å². The molecule has 3 aromatic rings. The van der Waals surface area contributed by atoms with E-state index in [2.05, 4.69) is 10.1 Å². The lowest BCUT2D eigenvalue weighted by Gasteiger charge is -2.21. The molecule has 4 rings (SSSR count). The average molecular weight is 388 g/mol. The second-order valence-electron chi connectivity index (χ2n) is 6.93. The number of aromatic nitrogens is 2. The topological polar surface area (TPSA) is 89.4 Å². The highest BCUT2D eigenvalue weighted by molar-refractivity contribution is 6.31. The highest BCUT2D eigenvalue weighted by Crippen LogP contribution is 2.32. The van der Waals surface area contributed by atoms with E-state index in [0.29, 0.717) is 40.7 Å². The van der Waals surface area contributed by atoms with Crippen LogP contribution in [0.4, 0.5) is 0 Å². The minimum atomic E-state index is -0.672. The summed E-state index contributed by atoms with van der Waals surface area (Å²) in [6.45, 7) is 4.45. The summed E-state index contributed by atoms with van der Waals surface area (Å²) < 4.78 is 10.7. The van der Waals surface area contributed by atoms with Crippen molar-refractivity contribution in [3.05, 3.63) is 57.0 Å². The van der Waals surface area contributed by atoms with Gasteiger partial charge in [0, 0.05) is 22.9 Å². The molecule has 0 spiro atoms. The van der Waals surface area contributed by atoms with Gasteiger partial charge in [0.25, 0.3) is 5.91 Å². The lowest BCUT2D eigenvalue weighted by atomic mass is 10.1. The van der Waals surface area contributed by atoms with Crippen molar-refractivity contribution in [1.82, 2.24) is 15.0 Å². The molecule has 0 aliphatic carbocycles. The molecule has 1 amide bonds. The van der Waals surface area contributed by atoms with Gasteiger partial charge in [-0.3, -0.25) is 4.79 Å². The molecule has 140 valence electrons. The summed E-state index contributed by atoms with van der Waals surface area (Å²) in [6.07, 6.45) is 1.50. The van der Waals surface area contributed by atoms with Gasteiger partial charge >= 0.3 is 5.63 Å². The Kier molecular flexibility index (Phi) is 4.47. The lowest BCUT2D eigenvalue weighted by molar-refractivity contribution is 0.0706. The number of hydrogen-bond acceptors (Lipinski definition) is 6. The molecule has 0 N–H and O–H groups in total. The van der Waals surface area contributed by atoms with E-state index in [9.17, 15) is 9.59 Å². The molecular weight excluding hydrogens is 370 g/mol. The first-order chi connectivity index (χ1) is 12.9. The van der Waals surface area contributed by atoms with Crippen LogP contribution in [0.15, 0.2) is 38.0 Å². The Labute approximate surface area is 159 Å². The van der Waals surface area contributed by atoms with Gasteiger partial charge in [-0.2, -0.15) is 4.98 Å². The van der Waals surface area contributed by atoms with Gasteiger partial charge in [0.1, 0.15) is 17.2 Å². The molecule has 0 unspecified atom stereocenters. The molecule has 1 atom stereocenters. The average Bonchev–Trinajstić information content (AvgIpc) is 3.29. The zero-order chi connectivity index (χ0) is 19.1. The Bertz CT molecular complexity index is 1070. The van der Waals surface area contributed by atoms with E-state index in [1.54, 1.807) is 23.1 Å². The van der Waals surface area contributed by atoms with Gasteiger partial charge in [0.05, 0.1) is 0 Å². The van der Waals surface area contributed by atoms with Gasteiger partial charge in [0.15, 0.2) is 5.82 Å². The number of carbonyl (C=O) groups is 1. The number of rotatable bonds is 3. The molecule has 0 bridgehead atoms. The van der Waals surface area contributed by atoms with Crippen LogP contribution in [0.1, 0.15) is 60.7 Å². The fourth-order valence-corrected chi connectivity index (χ4v) is 3.46. The van der Waals surface area contributed by atoms with Crippen molar-refractivity contribution in [2.24, 2.45) is 0 Å². The Balaban J connectivity index is 1.69. The third-order valence-electron chi connectivity index (χ3n) is 4.70. The molecule has 0 saturated carbocycles. The van der Waals surface area contributed by atoms with Gasteiger partial charge in [-0.15, -0.1) is 0 Å². The molecular formula is C19H18ClN3O4. The van der Waals surface area contributed by atoms with E-state index < -0.39 is 11.5 Å². The minimum Gasteiger partial charge on any atom is -0.422 e. The molecule has 3 heterocycles. The first-order valence-electron chi connectivity index (χ1n) is 8.82. The molecule has 1 fully saturated rings. The second-order valence-corrected chi connectivity index (χ2v) is 7.37. The zero-order valence-electron chi connectivity index (χ0n) is 14.9. The predicted octanol–water partition coefficient (Wildman–Crippen LogP) is 3.93. The molecule has 1 aliphatic heterocycles. The van der Waals surface area contributed by atoms with Crippen molar-refractivity contribution in [1.29, 1.82) is 0 Å². The van der Waals surface area contributed by atoms with E-state index in [4.69, 9.17) is 20.5 Å². The number of amides is 1. The normalized spacial score (nSPS) is 17.2. The molecule has 1 saturated heterocycles. The van der Waals surface area contributed by atoms with Crippen molar-refractivity contribution in [2.45, 2.75) is 38.6 Å². The van der Waals surface area contributed by atoms with E-state index in [1.165, 1.54) is 6.07 Å². The van der Waals surface area contributed by atoms with Crippen LogP contribution in [-0.2, 0) is 0 Å². The SMILES string of the molecule is CC(C)c1noc([C@@H]2CCCN2C(=O)c2cc3cc(Cl)ccc3oc2=O)n1. The summed E-state index contributed by atoms with van der Waals surface area (Å²) in [6, 6.07) is 6.08. The molecule has 27 heavy (non-hydrogen) atoms. The summed E-state index contributed by atoms with van der Waals surface area (Å²) in [5.74, 6) is 0.727. The number of hydrogen-bond donors (Lipinski definition) is 0. The third-order valence-corrected chi connectivity index (χ3v) is 4.93. The molecule has 0 radical (unpaired) electrons. The first-order valence-corrected chi connectivity index (χ1v) is 9.19. The zero-order valence-corrected chi connectivity index (χ0v) is 15.7. The Morgan fingerprint density at radius 3 is 2.89 bits per heavy atom. The van der Waals surface area contributed by atoms with Crippen LogP contribution in [0.25, 0.3) is 11.0 Å². The van der Waals surface area contributed by atoms with Crippen LogP contribution in [-0.4, -0.2) is 27.5 Å². The number of benzene rings is 1. The third kappa shape index (κ3) is 3.23. The maximum absolute atomic E-state index is 13.1. The van der Waals surface area contributed by atoms with Crippen molar-refractivity contribution in [2.75, 3.05) is 6.54 Å². The highest BCUT2D eigenvalue weighted by atomic mass is 35.5. The predicted molar refractivity (Wildman–Crippen MR) is 98.9 cm³/mol. The van der Waals surface area contributed by atoms with E-state index >= 15 is 0 Å². The van der Waals surface area contributed by atoms with Gasteiger partial charge < -0.3 is 13.8 Å². The molecule has 1 aliphatic rings. The van der Waals surface area contributed by atoms with Gasteiger partial charge in [-0.25, -0.2) is 4.79 Å². The summed E-state index contributed by atoms with van der Waals surface area (Å²) >= 11 is 6.01. The highest BCUT2D eigenvalue weighted by Gasteiger charge is 2.36. The van der Waals surface area contributed by atoms with E-state index in [0.717, 1.165) is 6.42 Å². The van der Waals surface area contributed by atoms with Crippen LogP contribution in [0.3, 0.4) is 0 Å². The fraction of sp³-hybridized carbons (Fsp3) is 0.368. The van der Waals surface area contributed by atoms with Crippen LogP contribution in [0.5, 0.6) is 0 Å². The van der Waals surface area contributed by atoms with Crippen molar-refractivity contribution in [3.8, 4) is 0 Å². The molecule has 8 heteroatoms. The maximum atomic E-state index is 13.1. The number of fused-ring (bicyclic) bond motifs is 1. The summed E-state index contributed by atoms with van der Waals surface area (Å²) in [5.41, 5.74) is -0.313. The quantitative estimate of drug-likeness (QED) is 0.632. The van der Waals surface area contributed by atoms with Gasteiger partial charge in [-0.05, 0) is 37.1 Å². The molecule has 1 aromatic carbocycles. The first kappa shape index (κ1) is 17.7. The van der Waals surface area contributed by atoms with Crippen molar-refractivity contribution < 1.29 is 13.7 Å². The standard InChI is InChI=1S/C19H18ClN3O4/c1-10(2)16-21-17(27-22-16)14-4-3-7-23(14)18(24)13-9-11-8-12(20)5-6-15(11)26-19(13)25/h5-6,8-10,14H,3-4,7H2,1-2H3/t14-/m0/s1. The largest absolute Gasteiger partial charge is 0.422 e.